The molecule has 0 radical (unpaired) electrons. The van der Waals surface area contributed by atoms with Crippen LogP contribution in [0, 0.1) is 5.92 Å². The maximum atomic E-state index is 12.3. The van der Waals surface area contributed by atoms with E-state index in [0.717, 1.165) is 6.42 Å². The molecule has 7 heteroatoms. The smallest absolute Gasteiger partial charge is 0.255 e. The van der Waals surface area contributed by atoms with Gasteiger partial charge in [-0.05, 0) is 25.0 Å². The third kappa shape index (κ3) is 3.81. The molecule has 0 saturated heterocycles. The summed E-state index contributed by atoms with van der Waals surface area (Å²) in [6, 6.07) is 3.05. The molecule has 0 saturated carbocycles. The van der Waals surface area contributed by atoms with Crippen LogP contribution in [0.1, 0.15) is 48.9 Å². The van der Waals surface area contributed by atoms with Crippen LogP contribution in [0.5, 0.6) is 0 Å². The van der Waals surface area contributed by atoms with Crippen LogP contribution < -0.4 is 10.6 Å². The van der Waals surface area contributed by atoms with Gasteiger partial charge in [0.15, 0.2) is 5.82 Å². The van der Waals surface area contributed by atoms with Crippen LogP contribution in [0.25, 0.3) is 0 Å². The van der Waals surface area contributed by atoms with Crippen molar-refractivity contribution < 1.29 is 9.32 Å². The molecule has 0 unspecified atom stereocenters. The van der Waals surface area contributed by atoms with Gasteiger partial charge in [0.1, 0.15) is 11.9 Å². The average Bonchev–Trinajstić information content (AvgIpc) is 2.94. The Morgan fingerprint density at radius 3 is 2.82 bits per heavy atom. The Labute approximate surface area is 129 Å². The maximum absolute atomic E-state index is 12.3. The molecule has 0 aliphatic heterocycles. The number of amides is 1. The first-order chi connectivity index (χ1) is 10.5. The summed E-state index contributed by atoms with van der Waals surface area (Å²) in [6.07, 6.45) is 2.37. The zero-order valence-corrected chi connectivity index (χ0v) is 13.3. The lowest BCUT2D eigenvalue weighted by Gasteiger charge is -2.11. The lowest BCUT2D eigenvalue weighted by Crippen LogP contribution is -2.27. The number of nitrogens with zero attached hydrogens (tertiary/aromatic N) is 3. The highest BCUT2D eigenvalue weighted by Crippen LogP contribution is 2.15. The Morgan fingerprint density at radius 2 is 2.14 bits per heavy atom. The normalized spacial score (nSPS) is 12.2. The van der Waals surface area contributed by atoms with E-state index in [1.165, 1.54) is 0 Å². The number of aromatic nitrogens is 3. The molecule has 1 atom stereocenters. The molecule has 0 fully saturated rings. The van der Waals surface area contributed by atoms with Crippen LogP contribution in [0.4, 0.5) is 5.82 Å². The van der Waals surface area contributed by atoms with Crippen molar-refractivity contribution in [3.05, 3.63) is 35.6 Å². The monoisotopic (exact) mass is 303 g/mol. The van der Waals surface area contributed by atoms with Gasteiger partial charge in [-0.1, -0.05) is 19.0 Å². The first-order valence-corrected chi connectivity index (χ1v) is 7.27. The van der Waals surface area contributed by atoms with Gasteiger partial charge in [-0.15, -0.1) is 0 Å². The summed E-state index contributed by atoms with van der Waals surface area (Å²) >= 11 is 0. The molecule has 7 nitrogen and oxygen atoms in total. The predicted octanol–water partition coefficient (Wildman–Crippen LogP) is 2.20. The van der Waals surface area contributed by atoms with E-state index in [1.54, 1.807) is 32.3 Å². The van der Waals surface area contributed by atoms with E-state index in [-0.39, 0.29) is 11.9 Å². The lowest BCUT2D eigenvalue weighted by molar-refractivity contribution is 0.0933. The SMILES string of the molecule is CNc1ncccc1C(=O)N[C@@H](C)c1nc(CC(C)C)no1. The van der Waals surface area contributed by atoms with E-state index >= 15 is 0 Å². The summed E-state index contributed by atoms with van der Waals surface area (Å²) in [4.78, 5) is 20.7. The van der Waals surface area contributed by atoms with E-state index in [9.17, 15) is 4.79 Å². The number of carbonyl (C=O) groups is 1. The molecule has 0 aromatic carbocycles. The van der Waals surface area contributed by atoms with Crippen LogP contribution in [-0.2, 0) is 6.42 Å². The van der Waals surface area contributed by atoms with E-state index in [1.807, 2.05) is 0 Å². The fraction of sp³-hybridized carbons (Fsp3) is 0.467. The third-order valence-electron chi connectivity index (χ3n) is 3.08. The molecule has 2 heterocycles. The Kier molecular flexibility index (Phi) is 5.08. The summed E-state index contributed by atoms with van der Waals surface area (Å²) in [7, 11) is 1.72. The van der Waals surface area contributed by atoms with Gasteiger partial charge in [-0.3, -0.25) is 4.79 Å². The van der Waals surface area contributed by atoms with Gasteiger partial charge >= 0.3 is 0 Å². The number of nitrogens with one attached hydrogen (secondary N) is 2. The second-order valence-electron chi connectivity index (χ2n) is 5.49. The summed E-state index contributed by atoms with van der Waals surface area (Å²) in [5.41, 5.74) is 0.471. The number of hydrogen-bond acceptors (Lipinski definition) is 6. The van der Waals surface area contributed by atoms with Crippen molar-refractivity contribution in [2.75, 3.05) is 12.4 Å². The molecular formula is C15H21N5O2. The molecule has 2 aromatic rings. The van der Waals surface area contributed by atoms with E-state index < -0.39 is 0 Å². The fourth-order valence-electron chi connectivity index (χ4n) is 2.02. The van der Waals surface area contributed by atoms with Gasteiger partial charge in [0, 0.05) is 19.7 Å². The van der Waals surface area contributed by atoms with Crippen molar-refractivity contribution in [1.82, 2.24) is 20.4 Å². The molecule has 2 rings (SSSR count). The Balaban J connectivity index is 2.06. The van der Waals surface area contributed by atoms with E-state index in [2.05, 4.69) is 39.6 Å². The van der Waals surface area contributed by atoms with Crippen LogP contribution in [0.3, 0.4) is 0 Å². The molecular weight excluding hydrogens is 282 g/mol. The van der Waals surface area contributed by atoms with Crippen molar-refractivity contribution in [2.24, 2.45) is 5.92 Å². The summed E-state index contributed by atoms with van der Waals surface area (Å²) < 4.78 is 5.21. The minimum absolute atomic E-state index is 0.242. The Hall–Kier alpha value is -2.44. The van der Waals surface area contributed by atoms with Crippen molar-refractivity contribution in [2.45, 2.75) is 33.2 Å². The van der Waals surface area contributed by atoms with Gasteiger partial charge in [-0.2, -0.15) is 4.98 Å². The van der Waals surface area contributed by atoms with E-state index in [4.69, 9.17) is 4.52 Å². The van der Waals surface area contributed by atoms with E-state index in [0.29, 0.717) is 29.0 Å². The zero-order chi connectivity index (χ0) is 16.1. The zero-order valence-electron chi connectivity index (χ0n) is 13.3. The fourth-order valence-corrected chi connectivity index (χ4v) is 2.02. The Morgan fingerprint density at radius 1 is 1.36 bits per heavy atom. The van der Waals surface area contributed by atoms with Crippen LogP contribution in [0.2, 0.25) is 0 Å². The number of anilines is 1. The number of carbonyl (C=O) groups excluding carboxylic acids is 1. The largest absolute Gasteiger partial charge is 0.372 e. The van der Waals surface area contributed by atoms with Crippen molar-refractivity contribution in [1.29, 1.82) is 0 Å². The topological polar surface area (TPSA) is 92.9 Å². The molecule has 118 valence electrons. The summed E-state index contributed by atoms with van der Waals surface area (Å²) in [5, 5.41) is 9.66. The summed E-state index contributed by atoms with van der Waals surface area (Å²) in [5.74, 6) is 1.79. The molecule has 22 heavy (non-hydrogen) atoms. The molecule has 0 spiro atoms. The second kappa shape index (κ2) is 7.02. The molecule has 2 N–H and O–H groups in total. The second-order valence-corrected chi connectivity index (χ2v) is 5.49. The minimum atomic E-state index is -0.370. The number of rotatable bonds is 6. The van der Waals surface area contributed by atoms with Crippen LogP contribution in [-0.4, -0.2) is 28.1 Å². The van der Waals surface area contributed by atoms with Gasteiger partial charge in [-0.25, -0.2) is 4.98 Å². The van der Waals surface area contributed by atoms with Gasteiger partial charge in [0.25, 0.3) is 5.91 Å². The average molecular weight is 303 g/mol. The van der Waals surface area contributed by atoms with Gasteiger partial charge in [0.05, 0.1) is 5.56 Å². The highest BCUT2D eigenvalue weighted by Gasteiger charge is 2.19. The predicted molar refractivity (Wildman–Crippen MR) is 82.5 cm³/mol. The van der Waals surface area contributed by atoms with Crippen molar-refractivity contribution >= 4 is 11.7 Å². The highest BCUT2D eigenvalue weighted by molar-refractivity contribution is 5.98. The van der Waals surface area contributed by atoms with Crippen LogP contribution >= 0.6 is 0 Å². The van der Waals surface area contributed by atoms with Crippen molar-refractivity contribution in [3.8, 4) is 0 Å². The number of pyridine rings is 1. The first-order valence-electron chi connectivity index (χ1n) is 7.27. The van der Waals surface area contributed by atoms with Gasteiger partial charge in [0.2, 0.25) is 5.89 Å². The minimum Gasteiger partial charge on any atom is -0.372 e. The van der Waals surface area contributed by atoms with Crippen LogP contribution in [0.15, 0.2) is 22.9 Å². The maximum Gasteiger partial charge on any atom is 0.255 e. The molecule has 0 aliphatic carbocycles. The molecule has 1 amide bonds. The third-order valence-corrected chi connectivity index (χ3v) is 3.08. The van der Waals surface area contributed by atoms with Crippen molar-refractivity contribution in [3.63, 3.8) is 0 Å². The number of hydrogen-bond donors (Lipinski definition) is 2. The summed E-state index contributed by atoms with van der Waals surface area (Å²) in [6.45, 7) is 5.98. The lowest BCUT2D eigenvalue weighted by atomic mass is 10.1. The quantitative estimate of drug-likeness (QED) is 0.849. The molecule has 0 bridgehead atoms. The highest BCUT2D eigenvalue weighted by atomic mass is 16.5. The standard InChI is InChI=1S/C15H21N5O2/c1-9(2)8-12-19-15(22-20-12)10(3)18-14(21)11-6-5-7-17-13(11)16-4/h5-7,9-10H,8H2,1-4H3,(H,16,17)(H,18,21)/t10-/m0/s1. The van der Waals surface area contributed by atoms with Gasteiger partial charge < -0.3 is 15.2 Å². The Bertz CT molecular complexity index is 638. The molecule has 2 aromatic heterocycles. The first kappa shape index (κ1) is 15.9. The molecule has 0 aliphatic rings.